The molecule has 0 fully saturated rings. The highest BCUT2D eigenvalue weighted by Gasteiger charge is 2.33. The number of methoxy groups -OCH3 is 1. The highest BCUT2D eigenvalue weighted by molar-refractivity contribution is 5.86. The summed E-state index contributed by atoms with van der Waals surface area (Å²) in [7, 11) is 1.48. The Kier molecular flexibility index (Phi) is 5.73. The van der Waals surface area contributed by atoms with Crippen LogP contribution in [0.25, 0.3) is 0 Å². The van der Waals surface area contributed by atoms with Crippen molar-refractivity contribution in [3.8, 4) is 0 Å². The second kappa shape index (κ2) is 8.19. The largest absolute Gasteiger partial charge is 0.375 e. The van der Waals surface area contributed by atoms with Gasteiger partial charge in [-0.05, 0) is 24.6 Å². The van der Waals surface area contributed by atoms with Gasteiger partial charge in [-0.2, -0.15) is 0 Å². The van der Waals surface area contributed by atoms with Crippen molar-refractivity contribution < 1.29 is 14.3 Å². The van der Waals surface area contributed by atoms with Crippen molar-refractivity contribution >= 4 is 11.8 Å². The first-order valence-electron chi connectivity index (χ1n) is 8.91. The quantitative estimate of drug-likeness (QED) is 0.795. The van der Waals surface area contributed by atoms with Crippen LogP contribution in [0.2, 0.25) is 0 Å². The molecule has 1 aromatic carbocycles. The molecular weight excluding hydrogens is 330 g/mol. The smallest absolute Gasteiger partial charge is 0.249 e. The molecule has 0 radical (unpaired) electrons. The second-order valence-electron chi connectivity index (χ2n) is 6.37. The summed E-state index contributed by atoms with van der Waals surface area (Å²) in [5, 5.41) is 0. The van der Waals surface area contributed by atoms with E-state index in [1.165, 1.54) is 7.11 Å². The Bertz CT molecular complexity index is 757. The zero-order valence-electron chi connectivity index (χ0n) is 15.3. The number of rotatable bonds is 6. The second-order valence-corrected chi connectivity index (χ2v) is 6.37. The molecule has 0 saturated carbocycles. The number of fused-ring (bicyclic) bond motifs is 1. The molecule has 26 heavy (non-hydrogen) atoms. The van der Waals surface area contributed by atoms with Crippen molar-refractivity contribution in [2.24, 2.45) is 0 Å². The first-order chi connectivity index (χ1) is 12.7. The number of likely N-dealkylation sites (N-methyl/N-ethyl adjacent to an activating group) is 1. The number of nitrogens with zero attached hydrogens (tertiary/aromatic N) is 3. The zero-order chi connectivity index (χ0) is 18.5. The summed E-state index contributed by atoms with van der Waals surface area (Å²) in [6, 6.07) is 14.0. The van der Waals surface area contributed by atoms with Crippen LogP contribution in [-0.4, -0.2) is 59.5 Å². The highest BCUT2D eigenvalue weighted by Crippen LogP contribution is 2.32. The summed E-state index contributed by atoms with van der Waals surface area (Å²) in [5.41, 5.74) is 2.17. The number of aromatic nitrogens is 1. The van der Waals surface area contributed by atoms with Crippen LogP contribution >= 0.6 is 0 Å². The van der Waals surface area contributed by atoms with Crippen molar-refractivity contribution in [2.75, 3.05) is 33.4 Å². The molecule has 0 saturated heterocycles. The molecule has 1 atom stereocenters. The van der Waals surface area contributed by atoms with Gasteiger partial charge in [-0.1, -0.05) is 30.3 Å². The van der Waals surface area contributed by atoms with Crippen LogP contribution in [0, 0.1) is 0 Å². The number of carbonyl (C=O) groups is 2. The molecule has 3 rings (SSSR count). The third kappa shape index (κ3) is 3.65. The number of hydrogen-bond acceptors (Lipinski definition) is 3. The van der Waals surface area contributed by atoms with Crippen molar-refractivity contribution in [3.05, 3.63) is 59.9 Å². The minimum atomic E-state index is -0.167. The molecule has 2 aromatic rings. The van der Waals surface area contributed by atoms with Crippen LogP contribution in [-0.2, 0) is 20.9 Å². The Hall–Kier alpha value is -2.60. The molecule has 2 amide bonds. The lowest BCUT2D eigenvalue weighted by Crippen LogP contribution is -2.48. The fraction of sp³-hybridized carbons (Fsp3) is 0.400. The van der Waals surface area contributed by atoms with Crippen molar-refractivity contribution in [1.29, 1.82) is 0 Å². The van der Waals surface area contributed by atoms with Crippen LogP contribution in [0.1, 0.15) is 24.2 Å². The molecule has 1 aliphatic heterocycles. The highest BCUT2D eigenvalue weighted by atomic mass is 16.5. The van der Waals surface area contributed by atoms with E-state index < -0.39 is 0 Å². The van der Waals surface area contributed by atoms with Gasteiger partial charge in [-0.25, -0.2) is 0 Å². The predicted molar refractivity (Wildman–Crippen MR) is 98.6 cm³/mol. The average molecular weight is 355 g/mol. The lowest BCUT2D eigenvalue weighted by atomic mass is 10.00. The fourth-order valence-electron chi connectivity index (χ4n) is 3.48. The summed E-state index contributed by atoms with van der Waals surface area (Å²) < 4.78 is 7.11. The van der Waals surface area contributed by atoms with E-state index >= 15 is 0 Å². The molecule has 1 unspecified atom stereocenters. The van der Waals surface area contributed by atoms with E-state index in [4.69, 9.17) is 4.74 Å². The minimum Gasteiger partial charge on any atom is -0.375 e. The van der Waals surface area contributed by atoms with Crippen LogP contribution < -0.4 is 0 Å². The molecular formula is C20H25N3O3. The van der Waals surface area contributed by atoms with Gasteiger partial charge in [0.2, 0.25) is 11.8 Å². The maximum atomic E-state index is 13.1. The Labute approximate surface area is 154 Å². The summed E-state index contributed by atoms with van der Waals surface area (Å²) >= 11 is 0. The maximum absolute atomic E-state index is 13.1. The van der Waals surface area contributed by atoms with Gasteiger partial charge in [0.15, 0.2) is 0 Å². The molecule has 1 aromatic heterocycles. The Morgan fingerprint density at radius 1 is 1.15 bits per heavy atom. The number of benzene rings is 1. The van der Waals surface area contributed by atoms with Crippen LogP contribution in [0.4, 0.5) is 0 Å². The van der Waals surface area contributed by atoms with Crippen LogP contribution in [0.3, 0.4) is 0 Å². The van der Waals surface area contributed by atoms with Gasteiger partial charge >= 0.3 is 0 Å². The molecule has 0 aliphatic carbocycles. The summed E-state index contributed by atoms with van der Waals surface area (Å²) in [6.45, 7) is 3.80. The third-order valence-corrected chi connectivity index (χ3v) is 4.80. The number of amides is 2. The maximum Gasteiger partial charge on any atom is 0.249 e. The topological polar surface area (TPSA) is 54.8 Å². The molecule has 138 valence electrons. The van der Waals surface area contributed by atoms with E-state index in [1.807, 2.05) is 54.4 Å². The Morgan fingerprint density at radius 2 is 1.92 bits per heavy atom. The van der Waals surface area contributed by atoms with E-state index in [2.05, 4.69) is 10.6 Å². The predicted octanol–water partition coefficient (Wildman–Crippen LogP) is 1.91. The third-order valence-electron chi connectivity index (χ3n) is 4.80. The standard InChI is InChI=1S/C20H25N3O3/c1-3-21(19(25)15-26-2)14-18(24)23-13-12-22-11-7-10-17(22)20(23)16-8-5-4-6-9-16/h4-11,20H,3,12-15H2,1-2H3. The number of carbonyl (C=O) groups excluding carboxylic acids is 2. The summed E-state index contributed by atoms with van der Waals surface area (Å²) in [6.07, 6.45) is 2.05. The molecule has 2 heterocycles. The first kappa shape index (κ1) is 18.2. The Morgan fingerprint density at radius 3 is 2.62 bits per heavy atom. The van der Waals surface area contributed by atoms with Gasteiger partial charge in [0.25, 0.3) is 0 Å². The normalized spacial score (nSPS) is 16.2. The van der Waals surface area contributed by atoms with E-state index in [1.54, 1.807) is 4.90 Å². The number of hydrogen-bond donors (Lipinski definition) is 0. The van der Waals surface area contributed by atoms with E-state index in [-0.39, 0.29) is 31.0 Å². The fourth-order valence-corrected chi connectivity index (χ4v) is 3.48. The number of ether oxygens (including phenoxy) is 1. The molecule has 1 aliphatic rings. The summed E-state index contributed by atoms with van der Waals surface area (Å²) in [4.78, 5) is 28.6. The zero-order valence-corrected chi connectivity index (χ0v) is 15.3. The molecule has 0 bridgehead atoms. The van der Waals surface area contributed by atoms with Crippen molar-refractivity contribution in [2.45, 2.75) is 19.5 Å². The van der Waals surface area contributed by atoms with Gasteiger partial charge in [0.05, 0.1) is 12.6 Å². The van der Waals surface area contributed by atoms with Gasteiger partial charge in [0, 0.05) is 38.6 Å². The van der Waals surface area contributed by atoms with E-state index in [0.717, 1.165) is 17.8 Å². The molecule has 6 nitrogen and oxygen atoms in total. The minimum absolute atomic E-state index is 0.00785. The molecule has 6 heteroatoms. The SMILES string of the molecule is CCN(CC(=O)N1CCn2cccc2C1c1ccccc1)C(=O)COC. The molecule has 0 N–H and O–H groups in total. The van der Waals surface area contributed by atoms with E-state index in [0.29, 0.717) is 13.1 Å². The van der Waals surface area contributed by atoms with Crippen LogP contribution in [0.15, 0.2) is 48.7 Å². The lowest BCUT2D eigenvalue weighted by Gasteiger charge is -2.38. The summed E-state index contributed by atoms with van der Waals surface area (Å²) in [5.74, 6) is -0.211. The van der Waals surface area contributed by atoms with E-state index in [9.17, 15) is 9.59 Å². The van der Waals surface area contributed by atoms with Gasteiger partial charge in [-0.15, -0.1) is 0 Å². The Balaban J connectivity index is 1.85. The average Bonchev–Trinajstić information content (AvgIpc) is 3.14. The van der Waals surface area contributed by atoms with Crippen molar-refractivity contribution in [1.82, 2.24) is 14.4 Å². The lowest BCUT2D eigenvalue weighted by molar-refractivity contribution is -0.143. The first-order valence-corrected chi connectivity index (χ1v) is 8.91. The van der Waals surface area contributed by atoms with Crippen LogP contribution in [0.5, 0.6) is 0 Å². The molecule has 0 spiro atoms. The van der Waals surface area contributed by atoms with Gasteiger partial charge in [0.1, 0.15) is 6.61 Å². The van der Waals surface area contributed by atoms with Gasteiger partial charge < -0.3 is 19.1 Å². The van der Waals surface area contributed by atoms with Crippen molar-refractivity contribution in [3.63, 3.8) is 0 Å². The van der Waals surface area contributed by atoms with Gasteiger partial charge in [-0.3, -0.25) is 9.59 Å². The monoisotopic (exact) mass is 355 g/mol.